The monoisotopic (exact) mass is 533 g/mol. The molecule has 3 rings (SSSR count). The van der Waals surface area contributed by atoms with Crippen LogP contribution in [0.3, 0.4) is 0 Å². The van der Waals surface area contributed by atoms with E-state index in [9.17, 15) is 27.0 Å². The van der Waals surface area contributed by atoms with Crippen LogP contribution in [-0.2, 0) is 19.9 Å². The van der Waals surface area contributed by atoms with Crippen molar-refractivity contribution in [3.05, 3.63) is 56.5 Å². The van der Waals surface area contributed by atoms with Crippen LogP contribution >= 0.6 is 46.4 Å². The van der Waals surface area contributed by atoms with Gasteiger partial charge in [0.05, 0.1) is 26.6 Å². The van der Waals surface area contributed by atoms with E-state index in [0.717, 1.165) is 10.4 Å². The molecule has 0 unspecified atom stereocenters. The summed E-state index contributed by atoms with van der Waals surface area (Å²) >= 11 is 23.5. The lowest BCUT2D eigenvalue weighted by Crippen LogP contribution is -2.49. The third kappa shape index (κ3) is 4.20. The summed E-state index contributed by atoms with van der Waals surface area (Å²) in [5.41, 5.74) is -2.25. The van der Waals surface area contributed by atoms with Crippen LogP contribution < -0.4 is 0 Å². The van der Waals surface area contributed by atoms with Crippen molar-refractivity contribution in [1.82, 2.24) is 4.31 Å². The second-order valence-corrected chi connectivity index (χ2v) is 12.4. The van der Waals surface area contributed by atoms with Gasteiger partial charge in [0.25, 0.3) is 0 Å². The SMILES string of the molecule is O=S(=O)(c1ccc(Cl)c(Cl)c1)[C@H]1CN(S(=O)(=O)c2ccc(Cl)cc2Cl)C[C@]1(O)CO. The lowest BCUT2D eigenvalue weighted by Gasteiger charge is -2.26. The predicted molar refractivity (Wildman–Crippen MR) is 115 cm³/mol. The fourth-order valence-corrected chi connectivity index (χ4v) is 7.88. The Morgan fingerprint density at radius 2 is 1.63 bits per heavy atom. The smallest absolute Gasteiger partial charge is 0.244 e. The van der Waals surface area contributed by atoms with E-state index in [1.54, 1.807) is 0 Å². The van der Waals surface area contributed by atoms with E-state index in [2.05, 4.69) is 0 Å². The van der Waals surface area contributed by atoms with Gasteiger partial charge in [0, 0.05) is 18.1 Å². The third-order valence-corrected chi connectivity index (χ3v) is 10.3. The Labute approximate surface area is 193 Å². The molecule has 13 heteroatoms. The minimum Gasteiger partial charge on any atom is -0.393 e. The molecule has 2 N–H and O–H groups in total. The molecule has 0 bridgehead atoms. The molecule has 1 heterocycles. The highest BCUT2D eigenvalue weighted by molar-refractivity contribution is 7.92. The number of halogens is 4. The van der Waals surface area contributed by atoms with Gasteiger partial charge in [0.1, 0.15) is 15.7 Å². The van der Waals surface area contributed by atoms with Crippen LogP contribution in [0, 0.1) is 0 Å². The van der Waals surface area contributed by atoms with Gasteiger partial charge in [-0.05, 0) is 36.4 Å². The molecule has 1 saturated heterocycles. The van der Waals surface area contributed by atoms with E-state index in [4.69, 9.17) is 46.4 Å². The number of β-amino-alcohol motifs (C(OH)–C–C–N with tert-alkyl or cyclic N) is 1. The molecular weight excluding hydrogens is 520 g/mol. The number of sulfonamides is 1. The third-order valence-electron chi connectivity index (χ3n) is 4.80. The van der Waals surface area contributed by atoms with Crippen LogP contribution in [0.2, 0.25) is 20.1 Å². The van der Waals surface area contributed by atoms with Crippen molar-refractivity contribution < 1.29 is 27.0 Å². The molecular formula is C17H15Cl4NO6S2. The van der Waals surface area contributed by atoms with Gasteiger partial charge >= 0.3 is 0 Å². The van der Waals surface area contributed by atoms with E-state index in [0.29, 0.717) is 0 Å². The Morgan fingerprint density at radius 3 is 2.20 bits per heavy atom. The summed E-state index contributed by atoms with van der Waals surface area (Å²) in [6.07, 6.45) is 0. The zero-order valence-electron chi connectivity index (χ0n) is 15.0. The molecule has 0 aliphatic carbocycles. The standard InChI is InChI=1S/C17H15Cl4NO6S2/c18-10-1-4-15(14(21)5-10)30(27,28)22-7-16(17(24,8-22)9-23)29(25,26)11-2-3-12(19)13(20)6-11/h1-6,16,23-24H,7-9H2/t16-,17-/m0/s1. The number of hydrogen-bond donors (Lipinski definition) is 2. The first-order valence-electron chi connectivity index (χ1n) is 8.30. The normalized spacial score (nSPS) is 23.1. The van der Waals surface area contributed by atoms with Crippen molar-refractivity contribution in [2.75, 3.05) is 19.7 Å². The highest BCUT2D eigenvalue weighted by Gasteiger charge is 2.55. The topological polar surface area (TPSA) is 112 Å². The number of hydrogen-bond acceptors (Lipinski definition) is 6. The Bertz CT molecular complexity index is 1200. The number of sulfone groups is 1. The molecule has 2 aromatic carbocycles. The first-order valence-corrected chi connectivity index (χ1v) is 12.8. The second-order valence-electron chi connectivity index (χ2n) is 6.74. The molecule has 7 nitrogen and oxygen atoms in total. The van der Waals surface area contributed by atoms with E-state index in [1.807, 2.05) is 0 Å². The first-order chi connectivity index (χ1) is 13.8. The van der Waals surface area contributed by atoms with E-state index in [-0.39, 0.29) is 29.9 Å². The van der Waals surface area contributed by atoms with Gasteiger partial charge in [-0.25, -0.2) is 16.8 Å². The maximum atomic E-state index is 13.2. The maximum Gasteiger partial charge on any atom is 0.244 e. The predicted octanol–water partition coefficient (Wildman–Crippen LogP) is 2.87. The van der Waals surface area contributed by atoms with Gasteiger partial charge in [0.2, 0.25) is 10.0 Å². The molecule has 0 saturated carbocycles. The quantitative estimate of drug-likeness (QED) is 0.610. The number of nitrogens with zero attached hydrogens (tertiary/aromatic N) is 1. The molecule has 0 aromatic heterocycles. The number of aliphatic hydroxyl groups is 2. The summed E-state index contributed by atoms with van der Waals surface area (Å²) in [6.45, 7) is -2.25. The lowest BCUT2D eigenvalue weighted by molar-refractivity contribution is 0.00160. The second kappa shape index (κ2) is 8.38. The van der Waals surface area contributed by atoms with Gasteiger partial charge in [-0.15, -0.1) is 0 Å². The van der Waals surface area contributed by atoms with Crippen LogP contribution in [0.25, 0.3) is 0 Å². The van der Waals surface area contributed by atoms with E-state index in [1.165, 1.54) is 30.3 Å². The zero-order chi connectivity index (χ0) is 22.5. The average molecular weight is 535 g/mol. The average Bonchev–Trinajstić information content (AvgIpc) is 3.03. The summed E-state index contributed by atoms with van der Waals surface area (Å²) in [5.74, 6) is 0. The van der Waals surface area contributed by atoms with Crippen LogP contribution in [0.15, 0.2) is 46.2 Å². The van der Waals surface area contributed by atoms with Crippen LogP contribution in [0.4, 0.5) is 0 Å². The fourth-order valence-electron chi connectivity index (χ4n) is 3.19. The number of aliphatic hydroxyl groups excluding tert-OH is 1. The summed E-state index contributed by atoms with van der Waals surface area (Å²) in [6, 6.07) is 7.29. The van der Waals surface area contributed by atoms with Gasteiger partial charge < -0.3 is 10.2 Å². The maximum absolute atomic E-state index is 13.2. The Morgan fingerprint density at radius 1 is 0.967 bits per heavy atom. The lowest BCUT2D eigenvalue weighted by atomic mass is 10.1. The molecule has 2 atom stereocenters. The minimum atomic E-state index is -4.30. The molecule has 1 aliphatic heterocycles. The molecule has 164 valence electrons. The number of rotatable bonds is 5. The van der Waals surface area contributed by atoms with Crippen molar-refractivity contribution in [3.63, 3.8) is 0 Å². The molecule has 1 fully saturated rings. The number of benzene rings is 2. The van der Waals surface area contributed by atoms with Crippen LogP contribution in [0.1, 0.15) is 0 Å². The molecule has 0 spiro atoms. The zero-order valence-corrected chi connectivity index (χ0v) is 19.6. The van der Waals surface area contributed by atoms with Gasteiger partial charge in [-0.2, -0.15) is 4.31 Å². The van der Waals surface area contributed by atoms with Crippen molar-refractivity contribution in [2.24, 2.45) is 0 Å². The Hall–Kier alpha value is -0.620. The van der Waals surface area contributed by atoms with Crippen molar-refractivity contribution in [1.29, 1.82) is 0 Å². The summed E-state index contributed by atoms with van der Waals surface area (Å²) in [5, 5.41) is 19.0. The van der Waals surface area contributed by atoms with Gasteiger partial charge in [-0.1, -0.05) is 46.4 Å². The van der Waals surface area contributed by atoms with Crippen molar-refractivity contribution >= 4 is 66.3 Å². The molecule has 1 aliphatic rings. The highest BCUT2D eigenvalue weighted by atomic mass is 35.5. The van der Waals surface area contributed by atoms with Gasteiger partial charge in [0.15, 0.2) is 9.84 Å². The molecule has 2 aromatic rings. The largest absolute Gasteiger partial charge is 0.393 e. The first kappa shape index (κ1) is 24.0. The Kier molecular flexibility index (Phi) is 6.71. The highest BCUT2D eigenvalue weighted by Crippen LogP contribution is 2.37. The summed E-state index contributed by atoms with van der Waals surface area (Å²) < 4.78 is 53.2. The summed E-state index contributed by atoms with van der Waals surface area (Å²) in [7, 11) is -8.60. The van der Waals surface area contributed by atoms with E-state index >= 15 is 0 Å². The van der Waals surface area contributed by atoms with Crippen LogP contribution in [-0.4, -0.2) is 61.9 Å². The van der Waals surface area contributed by atoms with Crippen molar-refractivity contribution in [2.45, 2.75) is 20.6 Å². The van der Waals surface area contributed by atoms with Crippen LogP contribution in [0.5, 0.6) is 0 Å². The molecule has 0 amide bonds. The van der Waals surface area contributed by atoms with Crippen molar-refractivity contribution in [3.8, 4) is 0 Å². The minimum absolute atomic E-state index is 0.0271. The molecule has 0 radical (unpaired) electrons. The van der Waals surface area contributed by atoms with Gasteiger partial charge in [-0.3, -0.25) is 0 Å². The molecule has 30 heavy (non-hydrogen) atoms. The Balaban J connectivity index is 2.04. The fraction of sp³-hybridized carbons (Fsp3) is 0.294. The summed E-state index contributed by atoms with van der Waals surface area (Å²) in [4.78, 5) is -0.570. The van der Waals surface area contributed by atoms with E-state index < -0.39 is 50.4 Å².